The summed E-state index contributed by atoms with van der Waals surface area (Å²) < 4.78 is 0. The average Bonchev–Trinajstić information content (AvgIpc) is 2.19. The van der Waals surface area contributed by atoms with Crippen LogP contribution >= 0.6 is 0 Å². The molecule has 5 heteroatoms. The van der Waals surface area contributed by atoms with Gasteiger partial charge in [-0.1, -0.05) is 0 Å². The van der Waals surface area contributed by atoms with Crippen molar-refractivity contribution in [3.63, 3.8) is 0 Å². The van der Waals surface area contributed by atoms with Crippen LogP contribution in [0.2, 0.25) is 0 Å². The minimum Gasteiger partial charge on any atom is -0.393 e. The van der Waals surface area contributed by atoms with Crippen LogP contribution in [0, 0.1) is 19.8 Å². The molecule has 0 radical (unpaired) electrons. The Balaban J connectivity index is 1.97. The van der Waals surface area contributed by atoms with Gasteiger partial charge in [0.1, 0.15) is 0 Å². The molecule has 1 aliphatic carbocycles. The van der Waals surface area contributed by atoms with Crippen LogP contribution in [0.4, 0.5) is 5.95 Å². The summed E-state index contributed by atoms with van der Waals surface area (Å²) in [7, 11) is 1.97. The molecule has 0 saturated heterocycles. The second-order valence-electron chi connectivity index (χ2n) is 4.65. The summed E-state index contributed by atoms with van der Waals surface area (Å²) >= 11 is 0. The fourth-order valence-corrected chi connectivity index (χ4v) is 1.93. The Morgan fingerprint density at radius 2 is 1.94 bits per heavy atom. The van der Waals surface area contributed by atoms with E-state index in [0.717, 1.165) is 30.8 Å². The zero-order valence-electron chi connectivity index (χ0n) is 10.0. The molecule has 5 nitrogen and oxygen atoms in total. The van der Waals surface area contributed by atoms with Crippen LogP contribution in [-0.2, 0) is 0 Å². The van der Waals surface area contributed by atoms with Gasteiger partial charge in [0, 0.05) is 13.6 Å². The Morgan fingerprint density at radius 1 is 1.25 bits per heavy atom. The summed E-state index contributed by atoms with van der Waals surface area (Å²) in [5.74, 6) is 1.23. The van der Waals surface area contributed by atoms with Crippen molar-refractivity contribution in [2.75, 3.05) is 18.5 Å². The van der Waals surface area contributed by atoms with E-state index in [9.17, 15) is 5.11 Å². The molecule has 0 unspecified atom stereocenters. The first-order valence-corrected chi connectivity index (χ1v) is 5.63. The normalized spacial score (nSPS) is 24.0. The third-order valence-corrected chi connectivity index (χ3v) is 3.17. The Morgan fingerprint density at radius 3 is 2.50 bits per heavy atom. The zero-order chi connectivity index (χ0) is 11.7. The molecular weight excluding hydrogens is 204 g/mol. The lowest BCUT2D eigenvalue weighted by atomic mass is 9.82. The van der Waals surface area contributed by atoms with Gasteiger partial charge in [0.15, 0.2) is 0 Å². The van der Waals surface area contributed by atoms with Crippen molar-refractivity contribution in [3.8, 4) is 0 Å². The number of rotatable bonds is 3. The number of anilines is 1. The van der Waals surface area contributed by atoms with Gasteiger partial charge >= 0.3 is 0 Å². The van der Waals surface area contributed by atoms with E-state index in [4.69, 9.17) is 0 Å². The second-order valence-corrected chi connectivity index (χ2v) is 4.65. The number of aliphatic hydroxyl groups is 1. The molecule has 0 amide bonds. The highest BCUT2D eigenvalue weighted by molar-refractivity contribution is 5.28. The minimum absolute atomic E-state index is 0.0998. The molecule has 2 rings (SSSR count). The molecule has 1 fully saturated rings. The Hall–Kier alpha value is -1.23. The third kappa shape index (κ3) is 2.29. The van der Waals surface area contributed by atoms with E-state index in [1.165, 1.54) is 0 Å². The maximum atomic E-state index is 9.22. The Kier molecular flexibility index (Phi) is 3.05. The first-order chi connectivity index (χ1) is 7.56. The smallest absolute Gasteiger partial charge is 0.245 e. The van der Waals surface area contributed by atoms with Crippen molar-refractivity contribution in [2.24, 2.45) is 5.92 Å². The number of hydrogen-bond acceptors (Lipinski definition) is 5. The van der Waals surface area contributed by atoms with E-state index >= 15 is 0 Å². The predicted octanol–water partition coefficient (Wildman–Crippen LogP) is 0.696. The highest BCUT2D eigenvalue weighted by Gasteiger charge is 2.28. The predicted molar refractivity (Wildman–Crippen MR) is 61.3 cm³/mol. The molecule has 0 aromatic carbocycles. The van der Waals surface area contributed by atoms with Crippen LogP contribution in [0.15, 0.2) is 0 Å². The summed E-state index contributed by atoms with van der Waals surface area (Å²) in [5, 5.41) is 17.4. The molecule has 0 bridgehead atoms. The van der Waals surface area contributed by atoms with Crippen LogP contribution in [0.3, 0.4) is 0 Å². The lowest BCUT2D eigenvalue weighted by Crippen LogP contribution is -2.37. The van der Waals surface area contributed by atoms with E-state index in [1.807, 2.05) is 25.8 Å². The molecule has 1 aromatic rings. The average molecular weight is 222 g/mol. The molecule has 1 saturated carbocycles. The van der Waals surface area contributed by atoms with E-state index in [2.05, 4.69) is 15.2 Å². The van der Waals surface area contributed by atoms with Gasteiger partial charge in [0.2, 0.25) is 5.95 Å². The number of nitrogens with zero attached hydrogens (tertiary/aromatic N) is 4. The number of aliphatic hydroxyl groups excluding tert-OH is 1. The molecule has 88 valence electrons. The second kappa shape index (κ2) is 4.33. The van der Waals surface area contributed by atoms with E-state index in [1.54, 1.807) is 0 Å². The van der Waals surface area contributed by atoms with Gasteiger partial charge in [-0.15, -0.1) is 5.10 Å². The largest absolute Gasteiger partial charge is 0.393 e. The van der Waals surface area contributed by atoms with Crippen molar-refractivity contribution in [3.05, 3.63) is 11.4 Å². The summed E-state index contributed by atoms with van der Waals surface area (Å²) in [6, 6.07) is 0. The van der Waals surface area contributed by atoms with Gasteiger partial charge in [-0.3, -0.25) is 0 Å². The van der Waals surface area contributed by atoms with Crippen molar-refractivity contribution in [2.45, 2.75) is 32.8 Å². The van der Waals surface area contributed by atoms with Crippen molar-refractivity contribution >= 4 is 5.95 Å². The molecule has 1 N–H and O–H groups in total. The molecular formula is C11H18N4O. The standard InChI is InChI=1S/C11H18N4O/c1-7-8(2)13-14-11(12-7)15(3)6-9-4-10(16)5-9/h9-10,16H,4-6H2,1-3H3. The van der Waals surface area contributed by atoms with Gasteiger partial charge < -0.3 is 10.0 Å². The minimum atomic E-state index is -0.0998. The molecule has 0 aliphatic heterocycles. The lowest BCUT2D eigenvalue weighted by Gasteiger charge is -2.34. The molecule has 1 heterocycles. The number of aryl methyl sites for hydroxylation is 2. The van der Waals surface area contributed by atoms with E-state index in [-0.39, 0.29) is 6.10 Å². The highest BCUT2D eigenvalue weighted by Crippen LogP contribution is 2.28. The highest BCUT2D eigenvalue weighted by atomic mass is 16.3. The fourth-order valence-electron chi connectivity index (χ4n) is 1.93. The lowest BCUT2D eigenvalue weighted by molar-refractivity contribution is 0.0463. The molecule has 16 heavy (non-hydrogen) atoms. The molecule has 0 spiro atoms. The number of hydrogen-bond donors (Lipinski definition) is 1. The summed E-state index contributed by atoms with van der Waals surface area (Å²) in [5.41, 5.74) is 1.79. The quantitative estimate of drug-likeness (QED) is 0.815. The van der Waals surface area contributed by atoms with Crippen LogP contribution < -0.4 is 4.90 Å². The maximum Gasteiger partial charge on any atom is 0.245 e. The number of aromatic nitrogens is 3. The van der Waals surface area contributed by atoms with Crippen molar-refractivity contribution < 1.29 is 5.11 Å². The van der Waals surface area contributed by atoms with Crippen molar-refractivity contribution in [1.29, 1.82) is 0 Å². The first kappa shape index (κ1) is 11.3. The summed E-state index contributed by atoms with van der Waals surface area (Å²) in [6.07, 6.45) is 1.68. The SMILES string of the molecule is Cc1nnc(N(C)CC2CC(O)C2)nc1C. The molecule has 0 atom stereocenters. The van der Waals surface area contributed by atoms with Crippen LogP contribution in [0.5, 0.6) is 0 Å². The monoisotopic (exact) mass is 222 g/mol. The molecule has 1 aliphatic rings. The molecule has 1 aromatic heterocycles. The van der Waals surface area contributed by atoms with E-state index < -0.39 is 0 Å². The van der Waals surface area contributed by atoms with E-state index in [0.29, 0.717) is 11.9 Å². The van der Waals surface area contributed by atoms with Gasteiger partial charge in [0.25, 0.3) is 0 Å². The Labute approximate surface area is 95.5 Å². The fraction of sp³-hybridized carbons (Fsp3) is 0.727. The van der Waals surface area contributed by atoms with Crippen LogP contribution in [0.25, 0.3) is 0 Å². The third-order valence-electron chi connectivity index (χ3n) is 3.17. The first-order valence-electron chi connectivity index (χ1n) is 5.63. The summed E-state index contributed by atoms with van der Waals surface area (Å²) in [4.78, 5) is 6.40. The van der Waals surface area contributed by atoms with Crippen molar-refractivity contribution in [1.82, 2.24) is 15.2 Å². The van der Waals surface area contributed by atoms with Gasteiger partial charge in [-0.25, -0.2) is 4.98 Å². The van der Waals surface area contributed by atoms with Gasteiger partial charge in [-0.05, 0) is 32.6 Å². The van der Waals surface area contributed by atoms with Crippen LogP contribution in [-0.4, -0.2) is 40.0 Å². The van der Waals surface area contributed by atoms with Crippen LogP contribution in [0.1, 0.15) is 24.2 Å². The summed E-state index contributed by atoms with van der Waals surface area (Å²) in [6.45, 7) is 4.73. The Bertz CT molecular complexity index is 376. The van der Waals surface area contributed by atoms with Gasteiger partial charge in [-0.2, -0.15) is 5.10 Å². The maximum absolute atomic E-state index is 9.22. The zero-order valence-corrected chi connectivity index (χ0v) is 10.0. The topological polar surface area (TPSA) is 62.1 Å². The van der Waals surface area contributed by atoms with Gasteiger partial charge in [0.05, 0.1) is 17.5 Å².